The van der Waals surface area contributed by atoms with E-state index in [2.05, 4.69) is 43.1 Å². The normalized spacial score (nSPS) is 23.0. The number of β-amino-alcohol motifs (C(OH)–C–C–N with tert-alkyl or cyclic N) is 1. The van der Waals surface area contributed by atoms with Crippen molar-refractivity contribution >= 4 is 34.4 Å². The maximum absolute atomic E-state index is 11.5. The van der Waals surface area contributed by atoms with Gasteiger partial charge in [0.05, 0.1) is 23.2 Å². The van der Waals surface area contributed by atoms with Crippen LogP contribution in [-0.2, 0) is 4.79 Å². The molecule has 0 saturated carbocycles. The fraction of sp³-hybridized carbons (Fsp3) is 0.409. The van der Waals surface area contributed by atoms with Crippen molar-refractivity contribution in [3.8, 4) is 0 Å². The van der Waals surface area contributed by atoms with E-state index in [0.29, 0.717) is 12.2 Å². The number of aliphatic carboxylic acids is 1. The standard InChI is InChI=1S/C22H28N6O3/c1-25(2)16-9-10-18-19(11-16)27(4)22(26(18)3)24-23-14-5-7-15(8-6-14)28-13-17(29)12-20(28)21(30)31/h5-11,17,20,22,29H,12-13H2,1-4H3,(H,30,31). The topological polar surface area (TPSA) is 95.2 Å². The van der Waals surface area contributed by atoms with Crippen LogP contribution in [-0.4, -0.2) is 69.4 Å². The van der Waals surface area contributed by atoms with E-state index in [1.165, 1.54) is 0 Å². The van der Waals surface area contributed by atoms with E-state index in [4.69, 9.17) is 0 Å². The van der Waals surface area contributed by atoms with Crippen LogP contribution in [0, 0.1) is 0 Å². The van der Waals surface area contributed by atoms with E-state index in [0.717, 1.165) is 22.7 Å². The Labute approximate surface area is 181 Å². The predicted molar refractivity (Wildman–Crippen MR) is 122 cm³/mol. The number of aliphatic hydroxyl groups excluding tert-OH is 1. The first-order chi connectivity index (χ1) is 14.8. The lowest BCUT2D eigenvalue weighted by Crippen LogP contribution is -2.36. The van der Waals surface area contributed by atoms with Crippen LogP contribution >= 0.6 is 0 Å². The summed E-state index contributed by atoms with van der Waals surface area (Å²) >= 11 is 0. The number of benzene rings is 2. The van der Waals surface area contributed by atoms with Crippen LogP contribution in [0.1, 0.15) is 6.42 Å². The summed E-state index contributed by atoms with van der Waals surface area (Å²) in [6, 6.07) is 12.9. The third kappa shape index (κ3) is 3.88. The fourth-order valence-electron chi connectivity index (χ4n) is 4.20. The minimum absolute atomic E-state index is 0.229. The van der Waals surface area contributed by atoms with Gasteiger partial charge >= 0.3 is 5.97 Å². The largest absolute Gasteiger partial charge is 0.480 e. The Morgan fingerprint density at radius 1 is 1.06 bits per heavy atom. The molecule has 3 atom stereocenters. The Morgan fingerprint density at radius 3 is 2.39 bits per heavy atom. The average molecular weight is 425 g/mol. The number of rotatable bonds is 5. The van der Waals surface area contributed by atoms with Crippen LogP contribution in [0.5, 0.6) is 0 Å². The van der Waals surface area contributed by atoms with Gasteiger partial charge in [0.25, 0.3) is 0 Å². The van der Waals surface area contributed by atoms with Crippen LogP contribution in [0.2, 0.25) is 0 Å². The molecule has 0 aliphatic carbocycles. The van der Waals surface area contributed by atoms with E-state index in [-0.39, 0.29) is 12.7 Å². The van der Waals surface area contributed by atoms with Gasteiger partial charge in [-0.2, -0.15) is 5.11 Å². The first-order valence-electron chi connectivity index (χ1n) is 10.2. The van der Waals surface area contributed by atoms with Gasteiger partial charge in [-0.25, -0.2) is 4.79 Å². The molecule has 2 aromatic carbocycles. The predicted octanol–water partition coefficient (Wildman–Crippen LogP) is 2.73. The third-order valence-corrected chi connectivity index (χ3v) is 5.95. The molecule has 2 N–H and O–H groups in total. The zero-order valence-electron chi connectivity index (χ0n) is 18.2. The van der Waals surface area contributed by atoms with Crippen molar-refractivity contribution in [2.75, 3.05) is 54.3 Å². The van der Waals surface area contributed by atoms with E-state index in [1.807, 2.05) is 52.5 Å². The zero-order valence-corrected chi connectivity index (χ0v) is 18.2. The molecule has 0 amide bonds. The summed E-state index contributed by atoms with van der Waals surface area (Å²) in [6.07, 6.45) is -0.659. The molecular formula is C22H28N6O3. The van der Waals surface area contributed by atoms with Crippen LogP contribution in [0.15, 0.2) is 52.7 Å². The molecule has 31 heavy (non-hydrogen) atoms. The first-order valence-corrected chi connectivity index (χ1v) is 10.2. The molecule has 4 rings (SSSR count). The number of hydrogen-bond acceptors (Lipinski definition) is 8. The van der Waals surface area contributed by atoms with Crippen LogP contribution < -0.4 is 19.6 Å². The molecule has 2 aliphatic rings. The van der Waals surface area contributed by atoms with Gasteiger partial charge in [0, 0.05) is 52.5 Å². The summed E-state index contributed by atoms with van der Waals surface area (Å²) in [4.78, 5) is 19.4. The second kappa shape index (κ2) is 8.07. The van der Waals surface area contributed by atoms with Crippen molar-refractivity contribution in [1.82, 2.24) is 0 Å². The Bertz CT molecular complexity index is 993. The second-order valence-corrected chi connectivity index (χ2v) is 8.26. The van der Waals surface area contributed by atoms with E-state index in [1.54, 1.807) is 4.90 Å². The maximum atomic E-state index is 11.5. The quantitative estimate of drug-likeness (QED) is 0.713. The van der Waals surface area contributed by atoms with Crippen molar-refractivity contribution in [2.45, 2.75) is 24.9 Å². The fourth-order valence-corrected chi connectivity index (χ4v) is 4.20. The van der Waals surface area contributed by atoms with Crippen LogP contribution in [0.25, 0.3) is 0 Å². The van der Waals surface area contributed by atoms with Crippen molar-refractivity contribution in [3.63, 3.8) is 0 Å². The highest BCUT2D eigenvalue weighted by atomic mass is 16.4. The summed E-state index contributed by atoms with van der Waals surface area (Å²) in [5, 5.41) is 28.2. The number of carbonyl (C=O) groups is 1. The number of anilines is 4. The maximum Gasteiger partial charge on any atom is 0.326 e. The van der Waals surface area contributed by atoms with Crippen molar-refractivity contribution in [2.24, 2.45) is 10.2 Å². The Kier molecular flexibility index (Phi) is 5.45. The molecule has 0 bridgehead atoms. The summed E-state index contributed by atoms with van der Waals surface area (Å²) in [7, 11) is 8.03. The highest BCUT2D eigenvalue weighted by Crippen LogP contribution is 2.40. The number of carboxylic acid groups (broad SMARTS) is 1. The lowest BCUT2D eigenvalue weighted by Gasteiger charge is -2.23. The monoisotopic (exact) mass is 424 g/mol. The number of nitrogens with zero attached hydrogens (tertiary/aromatic N) is 6. The van der Waals surface area contributed by atoms with Crippen molar-refractivity contribution in [3.05, 3.63) is 42.5 Å². The lowest BCUT2D eigenvalue weighted by atomic mass is 10.2. The van der Waals surface area contributed by atoms with Crippen LogP contribution in [0.4, 0.5) is 28.4 Å². The molecule has 2 aromatic rings. The Morgan fingerprint density at radius 2 is 1.74 bits per heavy atom. The van der Waals surface area contributed by atoms with Gasteiger partial charge in [-0.15, -0.1) is 5.11 Å². The van der Waals surface area contributed by atoms with E-state index in [9.17, 15) is 15.0 Å². The SMILES string of the molecule is CN(C)c1ccc2c(c1)N(C)C(N=Nc1ccc(N3CC(O)CC3C(=O)O)cc1)N2C. The van der Waals surface area contributed by atoms with E-state index >= 15 is 0 Å². The molecule has 0 radical (unpaired) electrons. The minimum atomic E-state index is -0.926. The van der Waals surface area contributed by atoms with Crippen molar-refractivity contribution in [1.29, 1.82) is 0 Å². The second-order valence-electron chi connectivity index (χ2n) is 8.26. The molecule has 0 spiro atoms. The molecule has 9 nitrogen and oxygen atoms in total. The van der Waals surface area contributed by atoms with Gasteiger partial charge < -0.3 is 29.8 Å². The van der Waals surface area contributed by atoms with Gasteiger partial charge in [0.15, 0.2) is 0 Å². The van der Waals surface area contributed by atoms with Gasteiger partial charge in [-0.05, 0) is 42.5 Å². The summed E-state index contributed by atoms with van der Waals surface area (Å²) < 4.78 is 0. The first kappa shape index (κ1) is 20.9. The van der Waals surface area contributed by atoms with Gasteiger partial charge in [0.2, 0.25) is 6.29 Å². The highest BCUT2D eigenvalue weighted by Gasteiger charge is 2.36. The molecule has 2 heterocycles. The summed E-state index contributed by atoms with van der Waals surface area (Å²) in [6.45, 7) is 0.308. The van der Waals surface area contributed by atoms with E-state index < -0.39 is 18.1 Å². The third-order valence-electron chi connectivity index (χ3n) is 5.95. The Balaban J connectivity index is 1.49. The molecule has 3 unspecified atom stereocenters. The molecule has 164 valence electrons. The Hall–Kier alpha value is -3.33. The smallest absolute Gasteiger partial charge is 0.326 e. The number of fused-ring (bicyclic) bond motifs is 1. The number of hydrogen-bond donors (Lipinski definition) is 2. The summed E-state index contributed by atoms with van der Waals surface area (Å²) in [5.74, 6) is -0.926. The van der Waals surface area contributed by atoms with Gasteiger partial charge in [-0.1, -0.05) is 0 Å². The van der Waals surface area contributed by atoms with Gasteiger partial charge in [0.1, 0.15) is 6.04 Å². The molecule has 1 fully saturated rings. The highest BCUT2D eigenvalue weighted by molar-refractivity contribution is 5.81. The molecule has 1 saturated heterocycles. The average Bonchev–Trinajstić information content (AvgIpc) is 3.25. The zero-order chi connectivity index (χ0) is 22.3. The molecule has 0 aromatic heterocycles. The van der Waals surface area contributed by atoms with Gasteiger partial charge in [-0.3, -0.25) is 0 Å². The number of aliphatic hydroxyl groups is 1. The molecule has 9 heteroatoms. The number of carboxylic acids is 1. The molecular weight excluding hydrogens is 396 g/mol. The minimum Gasteiger partial charge on any atom is -0.480 e. The molecule has 2 aliphatic heterocycles. The van der Waals surface area contributed by atoms with Crippen molar-refractivity contribution < 1.29 is 15.0 Å². The van der Waals surface area contributed by atoms with Crippen LogP contribution in [0.3, 0.4) is 0 Å². The lowest BCUT2D eigenvalue weighted by molar-refractivity contribution is -0.138. The number of azo groups is 1. The summed E-state index contributed by atoms with van der Waals surface area (Å²) in [5.41, 5.74) is 4.75.